The van der Waals surface area contributed by atoms with E-state index >= 15 is 0 Å². The van der Waals surface area contributed by atoms with Gasteiger partial charge in [0, 0.05) is 25.2 Å². The number of nitrogens with one attached hydrogen (secondary N) is 2. The summed E-state index contributed by atoms with van der Waals surface area (Å²) in [6.07, 6.45) is 0. The van der Waals surface area contributed by atoms with Gasteiger partial charge < -0.3 is 19.4 Å². The van der Waals surface area contributed by atoms with Crippen LogP contribution in [0, 0.1) is 0 Å². The molecule has 148 valence electrons. The van der Waals surface area contributed by atoms with Crippen molar-refractivity contribution in [1.29, 1.82) is 0 Å². The van der Waals surface area contributed by atoms with Gasteiger partial charge in [0.25, 0.3) is 15.9 Å². The highest BCUT2D eigenvalue weighted by molar-refractivity contribution is 7.89. The SMILES string of the molecule is CNS(=O)(=O)c1ccc(C(=O)N2CCNCC2c2ccccc2OC)o1.Cl. The molecule has 0 spiro atoms. The molecule has 1 aromatic heterocycles. The summed E-state index contributed by atoms with van der Waals surface area (Å²) < 4.78 is 36.5. The maximum Gasteiger partial charge on any atom is 0.290 e. The second-order valence-electron chi connectivity index (χ2n) is 5.79. The van der Waals surface area contributed by atoms with Crippen molar-refractivity contribution in [1.82, 2.24) is 14.9 Å². The molecule has 1 atom stereocenters. The molecule has 0 aliphatic carbocycles. The summed E-state index contributed by atoms with van der Waals surface area (Å²) >= 11 is 0. The number of hydrogen-bond donors (Lipinski definition) is 2. The van der Waals surface area contributed by atoms with Crippen LogP contribution in [-0.4, -0.2) is 53.0 Å². The quantitative estimate of drug-likeness (QED) is 0.765. The van der Waals surface area contributed by atoms with Gasteiger partial charge in [0.05, 0.1) is 13.2 Å². The minimum atomic E-state index is -3.74. The zero-order chi connectivity index (χ0) is 18.7. The second kappa shape index (κ2) is 8.75. The monoisotopic (exact) mass is 415 g/mol. The number of rotatable bonds is 5. The summed E-state index contributed by atoms with van der Waals surface area (Å²) in [7, 11) is -0.867. The molecule has 0 saturated carbocycles. The van der Waals surface area contributed by atoms with Crippen LogP contribution in [0.4, 0.5) is 0 Å². The lowest BCUT2D eigenvalue weighted by Gasteiger charge is -2.36. The Morgan fingerprint density at radius 2 is 2.04 bits per heavy atom. The number of furan rings is 1. The first kappa shape index (κ1) is 21.2. The maximum atomic E-state index is 13.0. The van der Waals surface area contributed by atoms with Crippen molar-refractivity contribution in [2.45, 2.75) is 11.1 Å². The van der Waals surface area contributed by atoms with Gasteiger partial charge in [-0.3, -0.25) is 4.79 Å². The number of ether oxygens (including phenoxy) is 1. The largest absolute Gasteiger partial charge is 0.496 e. The number of methoxy groups -OCH3 is 1. The highest BCUT2D eigenvalue weighted by Gasteiger charge is 2.32. The predicted molar refractivity (Wildman–Crippen MR) is 102 cm³/mol. The highest BCUT2D eigenvalue weighted by atomic mass is 35.5. The Balaban J connectivity index is 0.00000261. The molecular weight excluding hydrogens is 394 g/mol. The van der Waals surface area contributed by atoms with Crippen molar-refractivity contribution in [3.8, 4) is 5.75 Å². The zero-order valence-corrected chi connectivity index (χ0v) is 16.6. The average molecular weight is 416 g/mol. The van der Waals surface area contributed by atoms with Gasteiger partial charge in [-0.15, -0.1) is 12.4 Å². The van der Waals surface area contributed by atoms with E-state index in [4.69, 9.17) is 9.15 Å². The number of sulfonamides is 1. The molecule has 10 heteroatoms. The van der Waals surface area contributed by atoms with Gasteiger partial charge in [-0.05, 0) is 25.2 Å². The van der Waals surface area contributed by atoms with E-state index in [1.165, 1.54) is 19.2 Å². The first-order valence-corrected chi connectivity index (χ1v) is 9.64. The number of halogens is 1. The van der Waals surface area contributed by atoms with Crippen LogP contribution in [0.5, 0.6) is 5.75 Å². The lowest BCUT2D eigenvalue weighted by atomic mass is 10.0. The topological polar surface area (TPSA) is 101 Å². The summed E-state index contributed by atoms with van der Waals surface area (Å²) in [4.78, 5) is 14.6. The molecular formula is C17H22ClN3O5S. The summed E-state index contributed by atoms with van der Waals surface area (Å²) in [5.74, 6) is 0.317. The van der Waals surface area contributed by atoms with Crippen LogP contribution in [0.2, 0.25) is 0 Å². The Bertz CT molecular complexity index is 899. The lowest BCUT2D eigenvalue weighted by molar-refractivity contribution is 0.0593. The molecule has 1 aliphatic rings. The van der Waals surface area contributed by atoms with Crippen molar-refractivity contribution in [3.05, 3.63) is 47.7 Å². The van der Waals surface area contributed by atoms with Crippen molar-refractivity contribution in [2.75, 3.05) is 33.8 Å². The Morgan fingerprint density at radius 1 is 1.30 bits per heavy atom. The molecule has 2 N–H and O–H groups in total. The van der Waals surface area contributed by atoms with E-state index in [2.05, 4.69) is 10.0 Å². The number of nitrogens with zero attached hydrogens (tertiary/aromatic N) is 1. The fourth-order valence-corrected chi connectivity index (χ4v) is 3.64. The Kier molecular flexibility index (Phi) is 6.88. The predicted octanol–water partition coefficient (Wildman–Crippen LogP) is 1.40. The number of para-hydroxylation sites is 1. The van der Waals surface area contributed by atoms with E-state index in [0.717, 1.165) is 5.56 Å². The van der Waals surface area contributed by atoms with Crippen LogP contribution < -0.4 is 14.8 Å². The summed E-state index contributed by atoms with van der Waals surface area (Å²) in [6.45, 7) is 1.67. The van der Waals surface area contributed by atoms with Gasteiger partial charge in [-0.25, -0.2) is 13.1 Å². The van der Waals surface area contributed by atoms with E-state index < -0.39 is 10.0 Å². The van der Waals surface area contributed by atoms with Crippen molar-refractivity contribution in [2.24, 2.45) is 0 Å². The van der Waals surface area contributed by atoms with E-state index in [0.29, 0.717) is 25.4 Å². The van der Waals surface area contributed by atoms with Crippen molar-refractivity contribution < 1.29 is 22.4 Å². The molecule has 0 bridgehead atoms. The van der Waals surface area contributed by atoms with Crippen LogP contribution in [0.25, 0.3) is 0 Å². The van der Waals surface area contributed by atoms with Crippen LogP contribution in [0.15, 0.2) is 45.9 Å². The molecule has 1 saturated heterocycles. The van der Waals surface area contributed by atoms with Crippen LogP contribution in [-0.2, 0) is 10.0 Å². The number of benzene rings is 1. The Hall–Kier alpha value is -2.07. The van der Waals surface area contributed by atoms with E-state index in [1.807, 2.05) is 24.3 Å². The van der Waals surface area contributed by atoms with E-state index in [1.54, 1.807) is 12.0 Å². The van der Waals surface area contributed by atoms with Crippen molar-refractivity contribution in [3.63, 3.8) is 0 Å². The maximum absolute atomic E-state index is 13.0. The van der Waals surface area contributed by atoms with Crippen LogP contribution >= 0.6 is 12.4 Å². The highest BCUT2D eigenvalue weighted by Crippen LogP contribution is 2.31. The van der Waals surface area contributed by atoms with E-state index in [-0.39, 0.29) is 35.2 Å². The van der Waals surface area contributed by atoms with Gasteiger partial charge in [-0.2, -0.15) is 0 Å². The van der Waals surface area contributed by atoms with Gasteiger partial charge in [0.2, 0.25) is 5.09 Å². The molecule has 1 aliphatic heterocycles. The first-order chi connectivity index (χ1) is 12.5. The van der Waals surface area contributed by atoms with Gasteiger partial charge in [0.15, 0.2) is 5.76 Å². The molecule has 8 nitrogen and oxygen atoms in total. The average Bonchev–Trinajstić information content (AvgIpc) is 3.18. The number of carbonyl (C=O) groups excluding carboxylic acids is 1. The summed E-state index contributed by atoms with van der Waals surface area (Å²) in [5, 5.41) is 2.99. The Morgan fingerprint density at radius 3 is 2.74 bits per heavy atom. The number of hydrogen-bond acceptors (Lipinski definition) is 6. The molecule has 0 radical (unpaired) electrons. The minimum absolute atomic E-state index is 0. The van der Waals surface area contributed by atoms with Gasteiger partial charge in [0.1, 0.15) is 5.75 Å². The molecule has 1 amide bonds. The standard InChI is InChI=1S/C17H21N3O5S.ClH/c1-18-26(22,23)16-8-7-15(25-16)17(21)20-10-9-19-11-13(20)12-5-3-4-6-14(12)24-2;/h3-8,13,18-19H,9-11H2,1-2H3;1H. The molecule has 3 rings (SSSR count). The molecule has 2 heterocycles. The molecule has 1 aromatic carbocycles. The second-order valence-corrected chi connectivity index (χ2v) is 7.60. The smallest absolute Gasteiger partial charge is 0.290 e. The van der Waals surface area contributed by atoms with Gasteiger partial charge >= 0.3 is 0 Å². The lowest BCUT2D eigenvalue weighted by Crippen LogP contribution is -2.48. The molecule has 1 unspecified atom stereocenters. The third-order valence-electron chi connectivity index (χ3n) is 4.33. The van der Waals surface area contributed by atoms with Gasteiger partial charge in [-0.1, -0.05) is 18.2 Å². The number of carbonyl (C=O) groups is 1. The fourth-order valence-electron chi connectivity index (χ4n) is 2.99. The zero-order valence-electron chi connectivity index (χ0n) is 15.0. The fraction of sp³-hybridized carbons (Fsp3) is 0.353. The minimum Gasteiger partial charge on any atom is -0.496 e. The molecule has 2 aromatic rings. The first-order valence-electron chi connectivity index (χ1n) is 8.16. The van der Waals surface area contributed by atoms with E-state index in [9.17, 15) is 13.2 Å². The van der Waals surface area contributed by atoms with Crippen molar-refractivity contribution >= 4 is 28.3 Å². The molecule has 27 heavy (non-hydrogen) atoms. The molecule has 1 fully saturated rings. The van der Waals surface area contributed by atoms with Crippen LogP contribution in [0.3, 0.4) is 0 Å². The third-order valence-corrected chi connectivity index (χ3v) is 5.61. The summed E-state index contributed by atoms with van der Waals surface area (Å²) in [5.41, 5.74) is 0.880. The summed E-state index contributed by atoms with van der Waals surface area (Å²) in [6, 6.07) is 9.92. The third kappa shape index (κ3) is 4.27. The Labute approximate surface area is 164 Å². The number of amides is 1. The normalized spacial score (nSPS) is 17.3. The van der Waals surface area contributed by atoms with Crippen LogP contribution in [0.1, 0.15) is 22.2 Å². The number of piperazine rings is 1.